The number of para-hydroxylation sites is 3. The number of nitrogens with zero attached hydrogens (tertiary/aromatic N) is 2. The van der Waals surface area contributed by atoms with Crippen molar-refractivity contribution < 1.29 is 0 Å². The van der Waals surface area contributed by atoms with Gasteiger partial charge in [-0.1, -0.05) is 171 Å². The molecule has 256 valence electrons. The van der Waals surface area contributed by atoms with E-state index in [2.05, 4.69) is 211 Å². The number of anilines is 1. The first kappa shape index (κ1) is 30.9. The second-order valence-corrected chi connectivity index (χ2v) is 15.0. The minimum atomic E-state index is -0.469. The van der Waals surface area contributed by atoms with Crippen molar-refractivity contribution in [3.05, 3.63) is 222 Å². The van der Waals surface area contributed by atoms with Gasteiger partial charge in [-0.3, -0.25) is 0 Å². The van der Waals surface area contributed by atoms with E-state index >= 15 is 0 Å². The van der Waals surface area contributed by atoms with Crippen LogP contribution in [0.25, 0.3) is 55.4 Å². The number of allylic oxidation sites excluding steroid dienone is 2. The lowest BCUT2D eigenvalue weighted by Crippen LogP contribution is -2.37. The molecular formula is C52H38N2. The highest BCUT2D eigenvalue weighted by molar-refractivity contribution is 6.12. The molecule has 0 saturated carbocycles. The number of hydrogen-bond donors (Lipinski definition) is 0. The average molecular weight is 691 g/mol. The first-order valence-electron chi connectivity index (χ1n) is 19.0. The summed E-state index contributed by atoms with van der Waals surface area (Å²) in [4.78, 5) is 2.40. The molecule has 0 N–H and O–H groups in total. The van der Waals surface area contributed by atoms with Gasteiger partial charge in [0, 0.05) is 22.2 Å². The Morgan fingerprint density at radius 1 is 0.574 bits per heavy atom. The zero-order valence-electron chi connectivity index (χ0n) is 30.2. The number of fused-ring (bicyclic) bond motifs is 12. The van der Waals surface area contributed by atoms with Crippen LogP contribution in [0.3, 0.4) is 0 Å². The van der Waals surface area contributed by atoms with Crippen LogP contribution < -0.4 is 4.90 Å². The van der Waals surface area contributed by atoms with Gasteiger partial charge in [0.25, 0.3) is 0 Å². The number of rotatable bonds is 5. The van der Waals surface area contributed by atoms with E-state index in [1.807, 2.05) is 0 Å². The maximum Gasteiger partial charge on any atom is 0.0754 e. The van der Waals surface area contributed by atoms with Crippen LogP contribution in [0.2, 0.25) is 0 Å². The van der Waals surface area contributed by atoms with Crippen LogP contribution in [-0.4, -0.2) is 10.6 Å². The molecule has 1 aliphatic heterocycles. The first-order chi connectivity index (χ1) is 26.6. The van der Waals surface area contributed by atoms with Gasteiger partial charge in [-0.2, -0.15) is 0 Å². The normalized spacial score (nSPS) is 18.8. The molecule has 1 aromatic heterocycles. The highest BCUT2D eigenvalue weighted by Gasteiger charge is 2.50. The highest BCUT2D eigenvalue weighted by atomic mass is 15.2. The molecule has 11 rings (SSSR count). The summed E-state index contributed by atoms with van der Waals surface area (Å²) >= 11 is 0. The Hall–Kier alpha value is -6.64. The molecule has 2 aliphatic carbocycles. The van der Waals surface area contributed by atoms with Gasteiger partial charge in [-0.25, -0.2) is 0 Å². The summed E-state index contributed by atoms with van der Waals surface area (Å²) in [7, 11) is 0. The van der Waals surface area contributed by atoms with E-state index in [1.165, 1.54) is 72.0 Å². The van der Waals surface area contributed by atoms with E-state index < -0.39 is 5.41 Å². The third-order valence-corrected chi connectivity index (χ3v) is 12.2. The van der Waals surface area contributed by atoms with Crippen LogP contribution >= 0.6 is 0 Å². The second kappa shape index (κ2) is 11.7. The molecule has 3 atom stereocenters. The lowest BCUT2D eigenvalue weighted by Gasteiger charge is -2.39. The fourth-order valence-electron chi connectivity index (χ4n) is 9.86. The predicted octanol–water partition coefficient (Wildman–Crippen LogP) is 12.7. The van der Waals surface area contributed by atoms with Crippen LogP contribution in [0.1, 0.15) is 34.7 Å². The largest absolute Gasteiger partial charge is 0.334 e. The lowest BCUT2D eigenvalue weighted by molar-refractivity contribution is 0.612. The third kappa shape index (κ3) is 4.17. The van der Waals surface area contributed by atoms with Crippen molar-refractivity contribution in [3.63, 3.8) is 0 Å². The van der Waals surface area contributed by atoms with Gasteiger partial charge in [0.15, 0.2) is 0 Å². The Morgan fingerprint density at radius 2 is 1.24 bits per heavy atom. The second-order valence-electron chi connectivity index (χ2n) is 15.0. The summed E-state index contributed by atoms with van der Waals surface area (Å²) in [5.41, 5.74) is 17.0. The molecule has 0 bridgehead atoms. The molecule has 8 aromatic rings. The van der Waals surface area contributed by atoms with Gasteiger partial charge >= 0.3 is 0 Å². The summed E-state index contributed by atoms with van der Waals surface area (Å²) in [5, 5.41) is 2.59. The van der Waals surface area contributed by atoms with Crippen molar-refractivity contribution in [2.24, 2.45) is 5.92 Å². The Bertz CT molecular complexity index is 2870. The van der Waals surface area contributed by atoms with Crippen molar-refractivity contribution in [2.45, 2.75) is 18.4 Å². The minimum absolute atomic E-state index is 0.164. The van der Waals surface area contributed by atoms with Gasteiger partial charge in [0.1, 0.15) is 0 Å². The van der Waals surface area contributed by atoms with Crippen LogP contribution in [0.5, 0.6) is 0 Å². The molecular weight excluding hydrogens is 653 g/mol. The lowest BCUT2D eigenvalue weighted by atomic mass is 9.65. The number of aromatic nitrogens is 1. The molecule has 0 radical (unpaired) electrons. The predicted molar refractivity (Wildman–Crippen MR) is 226 cm³/mol. The van der Waals surface area contributed by atoms with Crippen molar-refractivity contribution in [1.29, 1.82) is 0 Å². The van der Waals surface area contributed by atoms with Crippen molar-refractivity contribution in [3.8, 4) is 27.9 Å². The van der Waals surface area contributed by atoms with Crippen molar-refractivity contribution in [2.75, 3.05) is 4.90 Å². The molecule has 7 aromatic carbocycles. The summed E-state index contributed by atoms with van der Waals surface area (Å²) in [6, 6.07) is 61.0. The first-order valence-corrected chi connectivity index (χ1v) is 19.0. The van der Waals surface area contributed by atoms with E-state index in [1.54, 1.807) is 0 Å². The average Bonchev–Trinajstić information content (AvgIpc) is 3.72. The maximum absolute atomic E-state index is 4.63. The molecule has 3 unspecified atom stereocenters. The Morgan fingerprint density at radius 3 is 2.09 bits per heavy atom. The maximum atomic E-state index is 4.63. The fraction of sp³-hybridized carbons (Fsp3) is 0.0769. The van der Waals surface area contributed by atoms with Crippen molar-refractivity contribution in [1.82, 2.24) is 4.57 Å². The Kier molecular flexibility index (Phi) is 6.69. The summed E-state index contributed by atoms with van der Waals surface area (Å²) in [6.07, 6.45) is 8.89. The molecule has 0 fully saturated rings. The molecule has 2 nitrogen and oxygen atoms in total. The van der Waals surface area contributed by atoms with E-state index in [4.69, 9.17) is 0 Å². The van der Waals surface area contributed by atoms with Crippen LogP contribution in [-0.2, 0) is 5.41 Å². The molecule has 2 heteroatoms. The molecule has 0 amide bonds. The smallest absolute Gasteiger partial charge is 0.0754 e. The summed E-state index contributed by atoms with van der Waals surface area (Å²) in [6.45, 7) is 6.91. The number of hydrogen-bond acceptors (Lipinski definition) is 1. The number of benzene rings is 7. The zero-order valence-corrected chi connectivity index (χ0v) is 30.2. The standard InChI is InChI=1S/C52H38N2/c1-34-15-6-11-24-48(34)53(35(2)36-16-4-3-5-17-36)39-30-27-37(28-31-39)38-29-32-41-40-18-7-9-21-44(40)52(47(41)33-38)45-22-10-13-26-50(45)54-49-25-12-8-19-42(49)43-20-14-23-46(52)51(43)54/h3-34,48H,2H2,1H3. The minimum Gasteiger partial charge on any atom is -0.334 e. The summed E-state index contributed by atoms with van der Waals surface area (Å²) in [5.74, 6) is 0.339. The van der Waals surface area contributed by atoms with Crippen molar-refractivity contribution >= 4 is 33.2 Å². The van der Waals surface area contributed by atoms with Crippen LogP contribution in [0, 0.1) is 5.92 Å². The topological polar surface area (TPSA) is 8.17 Å². The van der Waals surface area contributed by atoms with Crippen LogP contribution in [0.4, 0.5) is 5.69 Å². The zero-order chi connectivity index (χ0) is 36.0. The molecule has 2 heterocycles. The quantitative estimate of drug-likeness (QED) is 0.175. The summed E-state index contributed by atoms with van der Waals surface area (Å²) < 4.78 is 2.51. The van der Waals surface area contributed by atoms with E-state index in [-0.39, 0.29) is 6.04 Å². The highest BCUT2D eigenvalue weighted by Crippen LogP contribution is 2.61. The SMILES string of the molecule is C=C(c1ccccc1)N(c1ccc(-c2ccc3c(c2)C2(c4ccccc4-3)c3ccccc3-n3c4ccccc4c4cccc2c43)cc1)C1C=CC=CC1C. The van der Waals surface area contributed by atoms with Gasteiger partial charge in [-0.15, -0.1) is 0 Å². The third-order valence-electron chi connectivity index (χ3n) is 12.2. The van der Waals surface area contributed by atoms with E-state index in [0.29, 0.717) is 5.92 Å². The Balaban J connectivity index is 1.10. The van der Waals surface area contributed by atoms with Gasteiger partial charge in [0.05, 0.1) is 28.2 Å². The Labute approximate surface area is 316 Å². The molecule has 54 heavy (non-hydrogen) atoms. The van der Waals surface area contributed by atoms with Gasteiger partial charge in [0.2, 0.25) is 0 Å². The van der Waals surface area contributed by atoms with Gasteiger partial charge in [-0.05, 0) is 86.3 Å². The molecule has 0 saturated heterocycles. The van der Waals surface area contributed by atoms with Crippen LogP contribution in [0.15, 0.2) is 195 Å². The van der Waals surface area contributed by atoms with Gasteiger partial charge < -0.3 is 9.47 Å². The monoisotopic (exact) mass is 690 g/mol. The fourth-order valence-corrected chi connectivity index (χ4v) is 9.86. The van der Waals surface area contributed by atoms with E-state index in [9.17, 15) is 0 Å². The molecule has 3 aliphatic rings. The van der Waals surface area contributed by atoms with E-state index in [0.717, 1.165) is 16.9 Å². The molecule has 1 spiro atoms.